The van der Waals surface area contributed by atoms with Gasteiger partial charge in [0.1, 0.15) is 0 Å². The van der Waals surface area contributed by atoms with Crippen LogP contribution in [-0.4, -0.2) is 39.8 Å². The molecule has 0 radical (unpaired) electrons. The van der Waals surface area contributed by atoms with Crippen molar-refractivity contribution in [3.63, 3.8) is 0 Å². The third-order valence-electron chi connectivity index (χ3n) is 4.77. The molecule has 1 heterocycles. The maximum atomic E-state index is 5.69. The molecular weight excluding hydrogens is 254 g/mol. The third kappa shape index (κ3) is 1.94. The Bertz CT molecular complexity index is 515. The minimum Gasteiger partial charge on any atom is -0.493 e. The molecule has 0 amide bonds. The highest BCUT2D eigenvalue weighted by Crippen LogP contribution is 2.51. The maximum absolute atomic E-state index is 5.69. The molecule has 0 aromatic heterocycles. The van der Waals surface area contributed by atoms with Crippen molar-refractivity contribution in [3.8, 4) is 17.2 Å². The summed E-state index contributed by atoms with van der Waals surface area (Å²) in [6.45, 7) is 1.16. The number of ether oxygens (including phenoxy) is 3. The summed E-state index contributed by atoms with van der Waals surface area (Å²) in [4.78, 5) is 2.43. The van der Waals surface area contributed by atoms with E-state index in [2.05, 4.69) is 18.0 Å². The Morgan fingerprint density at radius 3 is 2.50 bits per heavy atom. The molecule has 2 unspecified atom stereocenters. The normalized spacial score (nSPS) is 25.0. The fourth-order valence-electron chi connectivity index (χ4n) is 3.75. The van der Waals surface area contributed by atoms with Crippen molar-refractivity contribution in [2.24, 2.45) is 5.92 Å². The molecule has 2 atom stereocenters. The van der Waals surface area contributed by atoms with Crippen molar-refractivity contribution >= 4 is 0 Å². The second-order valence-electron chi connectivity index (χ2n) is 5.81. The first-order chi connectivity index (χ1) is 9.69. The van der Waals surface area contributed by atoms with Crippen LogP contribution in [0, 0.1) is 5.92 Å². The SMILES string of the molecule is COc1cc2c(c(OC)c1OC)C1CC(CCN1C)C2. The maximum Gasteiger partial charge on any atom is 0.203 e. The summed E-state index contributed by atoms with van der Waals surface area (Å²) in [6.07, 6.45) is 3.62. The van der Waals surface area contributed by atoms with Crippen LogP contribution in [0.2, 0.25) is 0 Å². The lowest BCUT2D eigenvalue weighted by molar-refractivity contribution is 0.125. The molecule has 3 rings (SSSR count). The van der Waals surface area contributed by atoms with Crippen molar-refractivity contribution in [1.82, 2.24) is 4.90 Å². The van der Waals surface area contributed by atoms with Gasteiger partial charge in [-0.05, 0) is 50.4 Å². The van der Waals surface area contributed by atoms with E-state index in [4.69, 9.17) is 14.2 Å². The Kier molecular flexibility index (Phi) is 3.50. The van der Waals surface area contributed by atoms with Crippen LogP contribution in [0.15, 0.2) is 6.07 Å². The van der Waals surface area contributed by atoms with Crippen molar-refractivity contribution < 1.29 is 14.2 Å². The number of rotatable bonds is 3. The van der Waals surface area contributed by atoms with Crippen LogP contribution in [0.5, 0.6) is 17.2 Å². The Labute approximate surface area is 120 Å². The van der Waals surface area contributed by atoms with Gasteiger partial charge in [-0.2, -0.15) is 0 Å². The zero-order chi connectivity index (χ0) is 14.3. The smallest absolute Gasteiger partial charge is 0.203 e. The van der Waals surface area contributed by atoms with Crippen LogP contribution < -0.4 is 14.2 Å². The molecule has 1 aromatic rings. The molecule has 2 bridgehead atoms. The number of hydrogen-bond acceptors (Lipinski definition) is 4. The Morgan fingerprint density at radius 1 is 1.10 bits per heavy atom. The number of likely N-dealkylation sites (tertiary alicyclic amines) is 1. The van der Waals surface area contributed by atoms with Crippen LogP contribution in [0.3, 0.4) is 0 Å². The summed E-state index contributed by atoms with van der Waals surface area (Å²) in [5.41, 5.74) is 2.65. The first kappa shape index (κ1) is 13.6. The van der Waals surface area contributed by atoms with E-state index in [1.807, 2.05) is 0 Å². The molecule has 20 heavy (non-hydrogen) atoms. The zero-order valence-electron chi connectivity index (χ0n) is 12.7. The van der Waals surface area contributed by atoms with Gasteiger partial charge in [-0.15, -0.1) is 0 Å². The van der Waals surface area contributed by atoms with Crippen LogP contribution >= 0.6 is 0 Å². The highest BCUT2D eigenvalue weighted by molar-refractivity contribution is 5.61. The van der Waals surface area contributed by atoms with Gasteiger partial charge in [0.15, 0.2) is 11.5 Å². The van der Waals surface area contributed by atoms with E-state index in [1.165, 1.54) is 24.0 Å². The van der Waals surface area contributed by atoms with E-state index < -0.39 is 0 Å². The molecule has 1 aliphatic heterocycles. The first-order valence-corrected chi connectivity index (χ1v) is 7.21. The second kappa shape index (κ2) is 5.17. The van der Waals surface area contributed by atoms with E-state index in [1.54, 1.807) is 21.3 Å². The summed E-state index contributed by atoms with van der Waals surface area (Å²) in [5.74, 6) is 3.11. The average molecular weight is 277 g/mol. The summed E-state index contributed by atoms with van der Waals surface area (Å²) in [6, 6.07) is 2.57. The molecule has 0 saturated carbocycles. The fourth-order valence-corrected chi connectivity index (χ4v) is 3.75. The number of fused-ring (bicyclic) bond motifs is 4. The highest BCUT2D eigenvalue weighted by atomic mass is 16.5. The van der Waals surface area contributed by atoms with Gasteiger partial charge in [0, 0.05) is 11.6 Å². The molecule has 1 aliphatic carbocycles. The molecule has 1 aromatic carbocycles. The van der Waals surface area contributed by atoms with Crippen LogP contribution in [0.1, 0.15) is 30.0 Å². The van der Waals surface area contributed by atoms with Gasteiger partial charge in [-0.1, -0.05) is 0 Å². The van der Waals surface area contributed by atoms with Crippen molar-refractivity contribution in [2.75, 3.05) is 34.9 Å². The van der Waals surface area contributed by atoms with E-state index in [0.717, 1.165) is 30.4 Å². The van der Waals surface area contributed by atoms with Gasteiger partial charge in [-0.3, -0.25) is 4.90 Å². The van der Waals surface area contributed by atoms with Gasteiger partial charge in [0.2, 0.25) is 5.75 Å². The summed E-state index contributed by atoms with van der Waals surface area (Å²) in [7, 11) is 7.26. The minimum atomic E-state index is 0.437. The van der Waals surface area contributed by atoms with Crippen molar-refractivity contribution in [3.05, 3.63) is 17.2 Å². The molecule has 4 nitrogen and oxygen atoms in total. The summed E-state index contributed by atoms with van der Waals surface area (Å²) >= 11 is 0. The van der Waals surface area contributed by atoms with E-state index in [-0.39, 0.29) is 0 Å². The van der Waals surface area contributed by atoms with Crippen molar-refractivity contribution in [1.29, 1.82) is 0 Å². The fraction of sp³-hybridized carbons (Fsp3) is 0.625. The van der Waals surface area contributed by atoms with Gasteiger partial charge >= 0.3 is 0 Å². The number of hydrogen-bond donors (Lipinski definition) is 0. The van der Waals surface area contributed by atoms with E-state index >= 15 is 0 Å². The topological polar surface area (TPSA) is 30.9 Å². The number of benzene rings is 1. The molecule has 0 spiro atoms. The summed E-state index contributed by atoms with van der Waals surface area (Å²) < 4.78 is 16.7. The lowest BCUT2D eigenvalue weighted by Gasteiger charge is -2.43. The number of nitrogens with zero attached hydrogens (tertiary/aromatic N) is 1. The van der Waals surface area contributed by atoms with Crippen LogP contribution in [-0.2, 0) is 6.42 Å². The molecule has 1 fully saturated rings. The molecule has 1 saturated heterocycles. The Morgan fingerprint density at radius 2 is 1.85 bits per heavy atom. The van der Waals surface area contributed by atoms with E-state index in [0.29, 0.717) is 11.8 Å². The van der Waals surface area contributed by atoms with Gasteiger partial charge in [0.05, 0.1) is 21.3 Å². The standard InChI is InChI=1S/C16H23NO3/c1-17-6-5-10-7-11-9-13(18-2)15(19-3)16(20-4)14(11)12(17)8-10/h9-10,12H,5-8H2,1-4H3. The minimum absolute atomic E-state index is 0.437. The summed E-state index contributed by atoms with van der Waals surface area (Å²) in [5, 5.41) is 0. The number of methoxy groups -OCH3 is 3. The first-order valence-electron chi connectivity index (χ1n) is 7.21. The largest absolute Gasteiger partial charge is 0.493 e. The molecule has 0 N–H and O–H groups in total. The predicted octanol–water partition coefficient (Wildman–Crippen LogP) is 2.65. The lowest BCUT2D eigenvalue weighted by Crippen LogP contribution is -2.38. The van der Waals surface area contributed by atoms with E-state index in [9.17, 15) is 0 Å². The molecular formula is C16H23NO3. The van der Waals surface area contributed by atoms with Crippen LogP contribution in [0.25, 0.3) is 0 Å². The predicted molar refractivity (Wildman–Crippen MR) is 77.9 cm³/mol. The highest BCUT2D eigenvalue weighted by Gasteiger charge is 2.37. The van der Waals surface area contributed by atoms with Gasteiger partial charge in [-0.25, -0.2) is 0 Å². The van der Waals surface area contributed by atoms with Gasteiger partial charge in [0.25, 0.3) is 0 Å². The third-order valence-corrected chi connectivity index (χ3v) is 4.77. The average Bonchev–Trinajstić information content (AvgIpc) is 2.48. The second-order valence-corrected chi connectivity index (χ2v) is 5.81. The Hall–Kier alpha value is -1.42. The molecule has 110 valence electrons. The Balaban J connectivity index is 2.19. The molecule has 2 aliphatic rings. The van der Waals surface area contributed by atoms with Gasteiger partial charge < -0.3 is 14.2 Å². The molecule has 4 heteroatoms. The van der Waals surface area contributed by atoms with Crippen molar-refractivity contribution in [2.45, 2.75) is 25.3 Å². The van der Waals surface area contributed by atoms with Crippen LogP contribution in [0.4, 0.5) is 0 Å². The lowest BCUT2D eigenvalue weighted by atomic mass is 9.75. The number of piperidine rings is 1. The quantitative estimate of drug-likeness (QED) is 0.850. The monoisotopic (exact) mass is 277 g/mol. The zero-order valence-corrected chi connectivity index (χ0v) is 12.7.